The van der Waals surface area contributed by atoms with Crippen LogP contribution in [-0.2, 0) is 0 Å². The van der Waals surface area contributed by atoms with Crippen LogP contribution in [0.1, 0.15) is 16.9 Å². The van der Waals surface area contributed by atoms with Crippen molar-refractivity contribution in [2.75, 3.05) is 27.2 Å². The van der Waals surface area contributed by atoms with Crippen molar-refractivity contribution in [3.05, 3.63) is 27.9 Å². The van der Waals surface area contributed by atoms with Crippen molar-refractivity contribution in [1.29, 1.82) is 0 Å². The Balaban J connectivity index is 2.80. The summed E-state index contributed by atoms with van der Waals surface area (Å²) >= 11 is 0. The van der Waals surface area contributed by atoms with Crippen LogP contribution >= 0.6 is 0 Å². The van der Waals surface area contributed by atoms with Gasteiger partial charge < -0.3 is 14.7 Å². The predicted octanol–water partition coefficient (Wildman–Crippen LogP) is 1.02. The lowest BCUT2D eigenvalue weighted by Gasteiger charge is -2.10. The van der Waals surface area contributed by atoms with Gasteiger partial charge in [0.15, 0.2) is 5.69 Å². The van der Waals surface area contributed by atoms with Crippen LogP contribution in [0.4, 0.5) is 5.69 Å². The summed E-state index contributed by atoms with van der Waals surface area (Å²) in [4.78, 5) is 26.5. The van der Waals surface area contributed by atoms with Crippen molar-refractivity contribution >= 4 is 11.7 Å². The van der Waals surface area contributed by atoms with E-state index < -0.39 is 10.9 Å². The lowest BCUT2D eigenvalue weighted by atomic mass is 10.3. The van der Waals surface area contributed by atoms with E-state index in [-0.39, 0.29) is 23.9 Å². The molecule has 0 aliphatic rings. The SMILES string of the molecule is CN(C)CCCOc1nc(C(=O)O)ccc1[N+](=O)[O-]. The maximum absolute atomic E-state index is 10.8. The summed E-state index contributed by atoms with van der Waals surface area (Å²) < 4.78 is 5.20. The van der Waals surface area contributed by atoms with Crippen molar-refractivity contribution in [2.24, 2.45) is 0 Å². The number of hydrogen-bond donors (Lipinski definition) is 1. The number of aromatic carboxylic acids is 1. The van der Waals surface area contributed by atoms with Gasteiger partial charge in [0, 0.05) is 12.6 Å². The molecule has 104 valence electrons. The van der Waals surface area contributed by atoms with Gasteiger partial charge in [-0.3, -0.25) is 10.1 Å². The zero-order valence-electron chi connectivity index (χ0n) is 10.7. The van der Waals surface area contributed by atoms with E-state index in [4.69, 9.17) is 9.84 Å². The highest BCUT2D eigenvalue weighted by Gasteiger charge is 2.19. The van der Waals surface area contributed by atoms with Crippen LogP contribution in [0.3, 0.4) is 0 Å². The Morgan fingerprint density at radius 2 is 2.21 bits per heavy atom. The number of nitro groups is 1. The number of carbonyl (C=O) groups is 1. The number of carboxylic acids is 1. The molecule has 19 heavy (non-hydrogen) atoms. The zero-order chi connectivity index (χ0) is 14.4. The van der Waals surface area contributed by atoms with Gasteiger partial charge in [0.05, 0.1) is 11.5 Å². The molecule has 8 heteroatoms. The van der Waals surface area contributed by atoms with E-state index in [1.807, 2.05) is 19.0 Å². The number of pyridine rings is 1. The van der Waals surface area contributed by atoms with Gasteiger partial charge in [-0.05, 0) is 26.6 Å². The first kappa shape index (κ1) is 14.8. The number of rotatable bonds is 7. The molecule has 0 fully saturated rings. The summed E-state index contributed by atoms with van der Waals surface area (Å²) in [5.74, 6) is -1.52. The van der Waals surface area contributed by atoms with Crippen LogP contribution < -0.4 is 4.74 Å². The summed E-state index contributed by atoms with van der Waals surface area (Å²) in [6.07, 6.45) is 0.656. The van der Waals surface area contributed by atoms with Gasteiger partial charge in [-0.2, -0.15) is 0 Å². The van der Waals surface area contributed by atoms with Crippen LogP contribution in [0.5, 0.6) is 5.88 Å². The van der Waals surface area contributed by atoms with Crippen molar-refractivity contribution in [2.45, 2.75) is 6.42 Å². The average Bonchev–Trinajstić information content (AvgIpc) is 2.33. The second-order valence-electron chi connectivity index (χ2n) is 4.09. The summed E-state index contributed by atoms with van der Waals surface area (Å²) in [6.45, 7) is 0.988. The average molecular weight is 269 g/mol. The third-order valence-corrected chi connectivity index (χ3v) is 2.24. The lowest BCUT2D eigenvalue weighted by molar-refractivity contribution is -0.386. The number of nitrogens with zero attached hydrogens (tertiary/aromatic N) is 3. The topological polar surface area (TPSA) is 106 Å². The molecule has 8 nitrogen and oxygen atoms in total. The van der Waals surface area contributed by atoms with Gasteiger partial charge in [-0.1, -0.05) is 0 Å². The molecule has 0 saturated heterocycles. The van der Waals surface area contributed by atoms with Crippen LogP contribution in [0.25, 0.3) is 0 Å². The third-order valence-electron chi connectivity index (χ3n) is 2.24. The molecule has 0 saturated carbocycles. The van der Waals surface area contributed by atoms with Gasteiger partial charge in [0.1, 0.15) is 0 Å². The minimum Gasteiger partial charge on any atom is -0.477 e. The second kappa shape index (κ2) is 6.64. The van der Waals surface area contributed by atoms with Crippen LogP contribution in [0.15, 0.2) is 12.1 Å². The first-order valence-corrected chi connectivity index (χ1v) is 5.58. The first-order chi connectivity index (χ1) is 8.91. The maximum atomic E-state index is 10.8. The highest BCUT2D eigenvalue weighted by atomic mass is 16.6. The maximum Gasteiger partial charge on any atom is 0.354 e. The molecule has 0 aliphatic heterocycles. The molecule has 1 N–H and O–H groups in total. The number of carboxylic acid groups (broad SMARTS) is 1. The Labute approximate surface area is 109 Å². The Bertz CT molecular complexity index is 475. The van der Waals surface area contributed by atoms with Gasteiger partial charge in [-0.25, -0.2) is 9.78 Å². The molecule has 0 bridgehead atoms. The fourth-order valence-electron chi connectivity index (χ4n) is 1.35. The van der Waals surface area contributed by atoms with Gasteiger partial charge in [-0.15, -0.1) is 0 Å². The van der Waals surface area contributed by atoms with Crippen LogP contribution in [-0.4, -0.2) is 53.1 Å². The number of ether oxygens (including phenoxy) is 1. The molecule has 0 amide bonds. The van der Waals surface area contributed by atoms with Crippen LogP contribution in [0, 0.1) is 10.1 Å². The Hall–Kier alpha value is -2.22. The van der Waals surface area contributed by atoms with Gasteiger partial charge >= 0.3 is 11.7 Å². The molecule has 0 aromatic carbocycles. The normalized spacial score (nSPS) is 10.5. The largest absolute Gasteiger partial charge is 0.477 e. The molecule has 1 aromatic rings. The van der Waals surface area contributed by atoms with E-state index >= 15 is 0 Å². The Morgan fingerprint density at radius 1 is 1.53 bits per heavy atom. The Kier molecular flexibility index (Phi) is 5.19. The predicted molar refractivity (Wildman–Crippen MR) is 66.5 cm³/mol. The zero-order valence-corrected chi connectivity index (χ0v) is 10.7. The fraction of sp³-hybridized carbons (Fsp3) is 0.455. The van der Waals surface area contributed by atoms with Gasteiger partial charge in [0.2, 0.25) is 0 Å². The van der Waals surface area contributed by atoms with E-state index in [9.17, 15) is 14.9 Å². The molecule has 1 rings (SSSR count). The third kappa shape index (κ3) is 4.51. The standard InChI is InChI=1S/C11H15N3O5/c1-13(2)6-3-7-19-10-9(14(17)18)5-4-8(12-10)11(15)16/h4-5H,3,6-7H2,1-2H3,(H,15,16). The molecule has 0 aliphatic carbocycles. The molecular formula is C11H15N3O5. The monoisotopic (exact) mass is 269 g/mol. The molecule has 0 unspecified atom stereocenters. The van der Waals surface area contributed by atoms with Gasteiger partial charge in [0.25, 0.3) is 5.88 Å². The summed E-state index contributed by atoms with van der Waals surface area (Å²) in [5.41, 5.74) is -0.622. The summed E-state index contributed by atoms with van der Waals surface area (Å²) in [6, 6.07) is 2.16. The molecule has 1 aromatic heterocycles. The molecule has 0 radical (unpaired) electrons. The number of hydrogen-bond acceptors (Lipinski definition) is 6. The molecular weight excluding hydrogens is 254 g/mol. The lowest BCUT2D eigenvalue weighted by Crippen LogP contribution is -2.16. The van der Waals surface area contributed by atoms with Crippen molar-refractivity contribution < 1.29 is 19.6 Å². The first-order valence-electron chi connectivity index (χ1n) is 5.58. The minimum atomic E-state index is -1.26. The highest BCUT2D eigenvalue weighted by molar-refractivity contribution is 5.85. The fourth-order valence-corrected chi connectivity index (χ4v) is 1.35. The molecule has 0 atom stereocenters. The van der Waals surface area contributed by atoms with Crippen molar-refractivity contribution in [1.82, 2.24) is 9.88 Å². The number of aromatic nitrogens is 1. The minimum absolute atomic E-state index is 0.231. The Morgan fingerprint density at radius 3 is 2.74 bits per heavy atom. The highest BCUT2D eigenvalue weighted by Crippen LogP contribution is 2.24. The van der Waals surface area contributed by atoms with E-state index in [1.54, 1.807) is 0 Å². The quantitative estimate of drug-likeness (QED) is 0.447. The van der Waals surface area contributed by atoms with E-state index in [2.05, 4.69) is 4.98 Å². The molecule has 0 spiro atoms. The molecule has 1 heterocycles. The second-order valence-corrected chi connectivity index (χ2v) is 4.09. The van der Waals surface area contributed by atoms with Crippen LogP contribution in [0.2, 0.25) is 0 Å². The van der Waals surface area contributed by atoms with E-state index in [1.165, 1.54) is 0 Å². The van der Waals surface area contributed by atoms with Crippen molar-refractivity contribution in [3.8, 4) is 5.88 Å². The summed E-state index contributed by atoms with van der Waals surface area (Å²) in [7, 11) is 3.79. The van der Waals surface area contributed by atoms with E-state index in [0.717, 1.165) is 18.7 Å². The summed E-state index contributed by atoms with van der Waals surface area (Å²) in [5, 5.41) is 19.6. The van der Waals surface area contributed by atoms with Crippen molar-refractivity contribution in [3.63, 3.8) is 0 Å². The smallest absolute Gasteiger partial charge is 0.354 e. The van der Waals surface area contributed by atoms with E-state index in [0.29, 0.717) is 6.42 Å².